The van der Waals surface area contributed by atoms with Crippen LogP contribution in [0.4, 0.5) is 5.69 Å². The van der Waals surface area contributed by atoms with Gasteiger partial charge in [0.1, 0.15) is 0 Å². The Hall–Kier alpha value is -2.62. The van der Waals surface area contributed by atoms with E-state index in [1.165, 1.54) is 5.56 Å². The van der Waals surface area contributed by atoms with Crippen LogP contribution in [0, 0.1) is 5.92 Å². The lowest BCUT2D eigenvalue weighted by molar-refractivity contribution is -0.116. The highest BCUT2D eigenvalue weighted by Gasteiger charge is 2.22. The number of anilines is 1. The summed E-state index contributed by atoms with van der Waals surface area (Å²) in [5, 5.41) is 2.96. The number of nitrogens with zero attached hydrogens (tertiary/aromatic N) is 1. The van der Waals surface area contributed by atoms with Crippen LogP contribution in [0.2, 0.25) is 0 Å². The Bertz CT molecular complexity index is 769. The Labute approximate surface area is 148 Å². The zero-order chi connectivity index (χ0) is 17.8. The van der Waals surface area contributed by atoms with Gasteiger partial charge in [-0.2, -0.15) is 0 Å². The molecule has 0 atom stereocenters. The van der Waals surface area contributed by atoms with Gasteiger partial charge in [0.15, 0.2) is 0 Å². The summed E-state index contributed by atoms with van der Waals surface area (Å²) < 4.78 is 0. The Morgan fingerprint density at radius 3 is 2.56 bits per heavy atom. The quantitative estimate of drug-likeness (QED) is 0.921. The number of amides is 2. The maximum absolute atomic E-state index is 12.6. The second-order valence-electron chi connectivity index (χ2n) is 6.97. The SMILES string of the molecule is CC(C)CC(=O)Nc1ccc2c(c1)CN(C(=O)c1ccccc1)CC2. The van der Waals surface area contributed by atoms with Crippen LogP contribution in [0.1, 0.15) is 41.8 Å². The third-order valence-corrected chi connectivity index (χ3v) is 4.40. The number of hydrogen-bond donors (Lipinski definition) is 1. The van der Waals surface area contributed by atoms with Crippen LogP contribution in [-0.2, 0) is 17.8 Å². The maximum atomic E-state index is 12.6. The first-order valence-electron chi connectivity index (χ1n) is 8.79. The minimum Gasteiger partial charge on any atom is -0.334 e. The van der Waals surface area contributed by atoms with Gasteiger partial charge in [-0.25, -0.2) is 0 Å². The van der Waals surface area contributed by atoms with Gasteiger partial charge in [-0.3, -0.25) is 9.59 Å². The number of carbonyl (C=O) groups excluding carboxylic acids is 2. The summed E-state index contributed by atoms with van der Waals surface area (Å²) in [5.41, 5.74) is 3.88. The molecule has 1 aliphatic heterocycles. The van der Waals surface area contributed by atoms with Crippen LogP contribution in [0.3, 0.4) is 0 Å². The lowest BCUT2D eigenvalue weighted by Gasteiger charge is -2.29. The topological polar surface area (TPSA) is 49.4 Å². The molecule has 0 bridgehead atoms. The van der Waals surface area contributed by atoms with Gasteiger partial charge in [-0.1, -0.05) is 38.1 Å². The van der Waals surface area contributed by atoms with Crippen molar-refractivity contribution in [2.45, 2.75) is 33.2 Å². The molecule has 1 N–H and O–H groups in total. The van der Waals surface area contributed by atoms with Crippen LogP contribution >= 0.6 is 0 Å². The second kappa shape index (κ2) is 7.51. The predicted molar refractivity (Wildman–Crippen MR) is 99.4 cm³/mol. The molecule has 2 aromatic carbocycles. The Morgan fingerprint density at radius 2 is 1.84 bits per heavy atom. The van der Waals surface area contributed by atoms with Crippen molar-refractivity contribution in [3.8, 4) is 0 Å². The molecule has 130 valence electrons. The second-order valence-corrected chi connectivity index (χ2v) is 6.97. The van der Waals surface area contributed by atoms with Crippen molar-refractivity contribution >= 4 is 17.5 Å². The van der Waals surface area contributed by atoms with Gasteiger partial charge in [0.05, 0.1) is 0 Å². The first kappa shape index (κ1) is 17.2. The fourth-order valence-corrected chi connectivity index (χ4v) is 3.15. The van der Waals surface area contributed by atoms with E-state index in [0.717, 1.165) is 24.2 Å². The average Bonchev–Trinajstić information content (AvgIpc) is 2.60. The molecule has 1 aliphatic rings. The zero-order valence-electron chi connectivity index (χ0n) is 14.8. The molecule has 3 rings (SSSR count). The summed E-state index contributed by atoms with van der Waals surface area (Å²) in [7, 11) is 0. The average molecular weight is 336 g/mol. The van der Waals surface area contributed by atoms with E-state index in [1.54, 1.807) is 0 Å². The summed E-state index contributed by atoms with van der Waals surface area (Å²) in [5.74, 6) is 0.417. The summed E-state index contributed by atoms with van der Waals surface area (Å²) >= 11 is 0. The van der Waals surface area contributed by atoms with Crippen molar-refractivity contribution in [2.75, 3.05) is 11.9 Å². The molecule has 0 saturated heterocycles. The Morgan fingerprint density at radius 1 is 1.08 bits per heavy atom. The van der Waals surface area contributed by atoms with Gasteiger partial charge < -0.3 is 10.2 Å². The highest BCUT2D eigenvalue weighted by atomic mass is 16.2. The Kier molecular flexibility index (Phi) is 5.17. The first-order valence-corrected chi connectivity index (χ1v) is 8.79. The fraction of sp³-hybridized carbons (Fsp3) is 0.333. The molecule has 4 nitrogen and oxygen atoms in total. The van der Waals surface area contributed by atoms with Gasteiger partial charge >= 0.3 is 0 Å². The van der Waals surface area contributed by atoms with Gasteiger partial charge in [-0.15, -0.1) is 0 Å². The smallest absolute Gasteiger partial charge is 0.254 e. The minimum atomic E-state index is 0.0305. The van der Waals surface area contributed by atoms with Crippen molar-refractivity contribution in [3.63, 3.8) is 0 Å². The summed E-state index contributed by atoms with van der Waals surface area (Å²) in [6.07, 6.45) is 1.35. The van der Waals surface area contributed by atoms with Crippen molar-refractivity contribution in [2.24, 2.45) is 5.92 Å². The van der Waals surface area contributed by atoms with E-state index in [4.69, 9.17) is 0 Å². The number of rotatable bonds is 4. The molecule has 0 aromatic heterocycles. The maximum Gasteiger partial charge on any atom is 0.254 e. The van der Waals surface area contributed by atoms with Crippen LogP contribution in [-0.4, -0.2) is 23.3 Å². The summed E-state index contributed by atoms with van der Waals surface area (Å²) in [6.45, 7) is 5.36. The zero-order valence-corrected chi connectivity index (χ0v) is 14.8. The largest absolute Gasteiger partial charge is 0.334 e. The fourth-order valence-electron chi connectivity index (χ4n) is 3.15. The van der Waals surface area contributed by atoms with E-state index in [9.17, 15) is 9.59 Å². The lowest BCUT2D eigenvalue weighted by atomic mass is 9.98. The monoisotopic (exact) mass is 336 g/mol. The summed E-state index contributed by atoms with van der Waals surface area (Å²) in [6, 6.07) is 15.4. The number of nitrogens with one attached hydrogen (secondary N) is 1. The first-order chi connectivity index (χ1) is 12.0. The van der Waals surface area contributed by atoms with E-state index >= 15 is 0 Å². The van der Waals surface area contributed by atoms with E-state index in [2.05, 4.69) is 11.4 Å². The molecule has 25 heavy (non-hydrogen) atoms. The third kappa shape index (κ3) is 4.27. The number of benzene rings is 2. The van der Waals surface area contributed by atoms with Crippen LogP contribution < -0.4 is 5.32 Å². The van der Waals surface area contributed by atoms with E-state index in [0.29, 0.717) is 24.4 Å². The van der Waals surface area contributed by atoms with Crippen LogP contribution in [0.5, 0.6) is 0 Å². The molecule has 1 heterocycles. The van der Waals surface area contributed by atoms with E-state index in [1.807, 2.05) is 61.2 Å². The van der Waals surface area contributed by atoms with Crippen LogP contribution in [0.15, 0.2) is 48.5 Å². The van der Waals surface area contributed by atoms with Crippen molar-refractivity contribution in [1.29, 1.82) is 0 Å². The number of hydrogen-bond acceptors (Lipinski definition) is 2. The van der Waals surface area contributed by atoms with Gasteiger partial charge in [0.25, 0.3) is 5.91 Å². The van der Waals surface area contributed by atoms with Crippen molar-refractivity contribution in [3.05, 3.63) is 65.2 Å². The Balaban J connectivity index is 1.72. The highest BCUT2D eigenvalue weighted by Crippen LogP contribution is 2.24. The van der Waals surface area contributed by atoms with E-state index < -0.39 is 0 Å². The molecule has 0 spiro atoms. The number of carbonyl (C=O) groups is 2. The molecule has 2 amide bonds. The van der Waals surface area contributed by atoms with Crippen molar-refractivity contribution < 1.29 is 9.59 Å². The molecule has 0 saturated carbocycles. The summed E-state index contributed by atoms with van der Waals surface area (Å²) in [4.78, 5) is 26.5. The number of fused-ring (bicyclic) bond motifs is 1. The molecule has 0 radical (unpaired) electrons. The van der Waals surface area contributed by atoms with Gasteiger partial charge in [-0.05, 0) is 47.7 Å². The molecule has 0 fully saturated rings. The van der Waals surface area contributed by atoms with Gasteiger partial charge in [0.2, 0.25) is 5.91 Å². The molecule has 2 aromatic rings. The third-order valence-electron chi connectivity index (χ3n) is 4.40. The standard InChI is InChI=1S/C21H24N2O2/c1-15(2)12-20(24)22-19-9-8-16-10-11-23(14-18(16)13-19)21(25)17-6-4-3-5-7-17/h3-9,13,15H,10-12,14H2,1-2H3,(H,22,24). The normalized spacial score (nSPS) is 13.5. The molecular formula is C21H24N2O2. The van der Waals surface area contributed by atoms with Crippen molar-refractivity contribution in [1.82, 2.24) is 4.90 Å². The lowest BCUT2D eigenvalue weighted by Crippen LogP contribution is -2.36. The minimum absolute atomic E-state index is 0.0305. The molecule has 4 heteroatoms. The molecular weight excluding hydrogens is 312 g/mol. The predicted octanol–water partition coefficient (Wildman–Crippen LogP) is 3.87. The molecule has 0 unspecified atom stereocenters. The highest BCUT2D eigenvalue weighted by molar-refractivity contribution is 5.94. The molecule has 0 aliphatic carbocycles. The van der Waals surface area contributed by atoms with E-state index in [-0.39, 0.29) is 11.8 Å². The van der Waals surface area contributed by atoms with Gasteiger partial charge in [0, 0.05) is 30.8 Å². The van der Waals surface area contributed by atoms with Crippen LogP contribution in [0.25, 0.3) is 0 Å².